The molecule has 0 aliphatic heterocycles. The second-order valence-electron chi connectivity index (χ2n) is 6.73. The van der Waals surface area contributed by atoms with E-state index in [-0.39, 0.29) is 0 Å². The molecule has 0 fully saturated rings. The number of nitrogens with one attached hydrogen (secondary N) is 2. The van der Waals surface area contributed by atoms with E-state index < -0.39 is 0 Å². The number of guanidine groups is 1. The Balaban J connectivity index is 2.54. The lowest BCUT2D eigenvalue weighted by atomic mass is 10.1. The Kier molecular flexibility index (Phi) is 11.5. The number of likely N-dealkylation sites (N-methyl/N-ethyl adjacent to an activating group) is 1. The van der Waals surface area contributed by atoms with Crippen molar-refractivity contribution in [1.29, 1.82) is 0 Å². The first kappa shape index (κ1) is 23.2. The molecule has 6 heteroatoms. The third-order valence-corrected chi connectivity index (χ3v) is 4.41. The zero-order valence-electron chi connectivity index (χ0n) is 18.0. The summed E-state index contributed by atoms with van der Waals surface area (Å²) in [5.41, 5.74) is 2.29. The summed E-state index contributed by atoms with van der Waals surface area (Å²) in [7, 11) is 1.80. The Bertz CT molecular complexity index is 561. The van der Waals surface area contributed by atoms with Crippen LogP contribution in [0.1, 0.15) is 38.8 Å². The smallest absolute Gasteiger partial charge is 0.191 e. The van der Waals surface area contributed by atoms with Gasteiger partial charge in [0.2, 0.25) is 0 Å². The van der Waals surface area contributed by atoms with Gasteiger partial charge in [0, 0.05) is 44.9 Å². The maximum Gasteiger partial charge on any atom is 0.191 e. The quantitative estimate of drug-likeness (QED) is 0.333. The van der Waals surface area contributed by atoms with Crippen molar-refractivity contribution in [3.8, 4) is 5.75 Å². The van der Waals surface area contributed by atoms with Crippen molar-refractivity contribution in [1.82, 2.24) is 15.5 Å². The van der Waals surface area contributed by atoms with E-state index in [9.17, 15) is 0 Å². The predicted octanol–water partition coefficient (Wildman–Crippen LogP) is 2.81. The van der Waals surface area contributed by atoms with Gasteiger partial charge in [-0.3, -0.25) is 9.89 Å². The first-order valence-corrected chi connectivity index (χ1v) is 10.00. The van der Waals surface area contributed by atoms with Crippen LogP contribution in [-0.2, 0) is 11.3 Å². The monoisotopic (exact) mass is 378 g/mol. The summed E-state index contributed by atoms with van der Waals surface area (Å²) >= 11 is 0. The molecule has 0 unspecified atom stereocenters. The Morgan fingerprint density at radius 3 is 2.59 bits per heavy atom. The van der Waals surface area contributed by atoms with Gasteiger partial charge in [-0.15, -0.1) is 0 Å². The van der Waals surface area contributed by atoms with Crippen LogP contribution in [0.15, 0.2) is 23.2 Å². The molecule has 0 radical (unpaired) electrons. The van der Waals surface area contributed by atoms with Gasteiger partial charge in [0.15, 0.2) is 5.96 Å². The topological polar surface area (TPSA) is 58.1 Å². The fourth-order valence-corrected chi connectivity index (χ4v) is 2.80. The van der Waals surface area contributed by atoms with Gasteiger partial charge in [-0.2, -0.15) is 0 Å². The van der Waals surface area contributed by atoms with Crippen LogP contribution in [0.5, 0.6) is 5.75 Å². The molecule has 0 spiro atoms. The molecule has 154 valence electrons. The van der Waals surface area contributed by atoms with E-state index in [1.807, 2.05) is 6.92 Å². The SMILES string of the molecule is CCOCCOc1cc(C)ccc1CNC(=NC)NCCN(CC)C(C)C. The first-order chi connectivity index (χ1) is 13.0. The largest absolute Gasteiger partial charge is 0.491 e. The number of hydrogen-bond donors (Lipinski definition) is 2. The minimum Gasteiger partial charge on any atom is -0.491 e. The molecule has 1 rings (SSSR count). The summed E-state index contributed by atoms with van der Waals surface area (Å²) in [5.74, 6) is 1.70. The van der Waals surface area contributed by atoms with E-state index in [1.165, 1.54) is 5.56 Å². The standard InChI is InChI=1S/C21H38N4O2/c1-7-25(17(3)4)12-11-23-21(22-6)24-16-19-10-9-18(5)15-20(19)27-14-13-26-8-2/h9-10,15,17H,7-8,11-14,16H2,1-6H3,(H2,22,23,24). The molecule has 0 bridgehead atoms. The second kappa shape index (κ2) is 13.4. The molecule has 0 heterocycles. The number of aliphatic imine (C=N–C) groups is 1. The molecule has 0 aromatic heterocycles. The van der Waals surface area contributed by atoms with E-state index in [0.717, 1.165) is 36.9 Å². The summed E-state index contributed by atoms with van der Waals surface area (Å²) in [5, 5.41) is 6.76. The number of ether oxygens (including phenoxy) is 2. The summed E-state index contributed by atoms with van der Waals surface area (Å²) in [4.78, 5) is 6.74. The van der Waals surface area contributed by atoms with E-state index >= 15 is 0 Å². The highest BCUT2D eigenvalue weighted by atomic mass is 16.5. The fourth-order valence-electron chi connectivity index (χ4n) is 2.80. The lowest BCUT2D eigenvalue weighted by Gasteiger charge is -2.25. The molecule has 27 heavy (non-hydrogen) atoms. The minimum atomic E-state index is 0.552. The van der Waals surface area contributed by atoms with E-state index in [0.29, 0.717) is 32.4 Å². The normalized spacial score (nSPS) is 11.9. The highest BCUT2D eigenvalue weighted by molar-refractivity contribution is 5.79. The maximum absolute atomic E-state index is 5.91. The van der Waals surface area contributed by atoms with Crippen molar-refractivity contribution >= 4 is 5.96 Å². The fraction of sp³-hybridized carbons (Fsp3) is 0.667. The molecule has 2 N–H and O–H groups in total. The van der Waals surface area contributed by atoms with Crippen LogP contribution in [0.3, 0.4) is 0 Å². The van der Waals surface area contributed by atoms with Crippen molar-refractivity contribution < 1.29 is 9.47 Å². The number of hydrogen-bond acceptors (Lipinski definition) is 4. The van der Waals surface area contributed by atoms with Crippen molar-refractivity contribution in [2.75, 3.05) is 46.5 Å². The zero-order valence-corrected chi connectivity index (χ0v) is 18.0. The van der Waals surface area contributed by atoms with Crippen LogP contribution < -0.4 is 15.4 Å². The second-order valence-corrected chi connectivity index (χ2v) is 6.73. The van der Waals surface area contributed by atoms with Crippen LogP contribution >= 0.6 is 0 Å². The number of benzene rings is 1. The highest BCUT2D eigenvalue weighted by Gasteiger charge is 2.08. The predicted molar refractivity (Wildman–Crippen MR) is 114 cm³/mol. The van der Waals surface area contributed by atoms with Gasteiger partial charge in [0.05, 0.1) is 6.61 Å². The van der Waals surface area contributed by atoms with Crippen molar-refractivity contribution in [3.63, 3.8) is 0 Å². The van der Waals surface area contributed by atoms with Crippen LogP contribution in [0.4, 0.5) is 0 Å². The van der Waals surface area contributed by atoms with Crippen LogP contribution in [0.25, 0.3) is 0 Å². The van der Waals surface area contributed by atoms with Gasteiger partial charge in [-0.05, 0) is 45.9 Å². The van der Waals surface area contributed by atoms with E-state index in [4.69, 9.17) is 9.47 Å². The van der Waals surface area contributed by atoms with Gasteiger partial charge in [0.25, 0.3) is 0 Å². The molecule has 1 aromatic rings. The Morgan fingerprint density at radius 2 is 1.96 bits per heavy atom. The number of rotatable bonds is 12. The van der Waals surface area contributed by atoms with Crippen LogP contribution in [0.2, 0.25) is 0 Å². The van der Waals surface area contributed by atoms with Gasteiger partial charge < -0.3 is 20.1 Å². The molecular formula is C21H38N4O2. The molecule has 0 saturated carbocycles. The molecule has 0 aliphatic rings. The Labute approximate surface area is 165 Å². The van der Waals surface area contributed by atoms with Crippen LogP contribution in [0, 0.1) is 6.92 Å². The number of nitrogens with zero attached hydrogens (tertiary/aromatic N) is 2. The lowest BCUT2D eigenvalue weighted by molar-refractivity contribution is 0.110. The van der Waals surface area contributed by atoms with Gasteiger partial charge in [-0.25, -0.2) is 0 Å². The maximum atomic E-state index is 5.91. The summed E-state index contributed by atoms with van der Waals surface area (Å²) < 4.78 is 11.3. The summed E-state index contributed by atoms with van der Waals surface area (Å²) in [6.45, 7) is 16.1. The highest BCUT2D eigenvalue weighted by Crippen LogP contribution is 2.20. The molecule has 0 atom stereocenters. The van der Waals surface area contributed by atoms with E-state index in [2.05, 4.69) is 66.4 Å². The summed E-state index contributed by atoms with van der Waals surface area (Å²) in [6.07, 6.45) is 0. The zero-order chi connectivity index (χ0) is 20.1. The molecule has 0 amide bonds. The Morgan fingerprint density at radius 1 is 1.19 bits per heavy atom. The molecular weight excluding hydrogens is 340 g/mol. The van der Waals surface area contributed by atoms with Crippen molar-refractivity contribution in [3.05, 3.63) is 29.3 Å². The molecule has 0 aliphatic carbocycles. The minimum absolute atomic E-state index is 0.552. The summed E-state index contributed by atoms with van der Waals surface area (Å²) in [6, 6.07) is 6.82. The average molecular weight is 379 g/mol. The van der Waals surface area contributed by atoms with Gasteiger partial charge >= 0.3 is 0 Å². The molecule has 1 aromatic carbocycles. The van der Waals surface area contributed by atoms with Gasteiger partial charge in [0.1, 0.15) is 12.4 Å². The lowest BCUT2D eigenvalue weighted by Crippen LogP contribution is -2.42. The Hall–Kier alpha value is -1.79. The third-order valence-electron chi connectivity index (χ3n) is 4.41. The van der Waals surface area contributed by atoms with Crippen LogP contribution in [-0.4, -0.2) is 63.4 Å². The van der Waals surface area contributed by atoms with Crippen molar-refractivity contribution in [2.45, 2.75) is 47.2 Å². The van der Waals surface area contributed by atoms with Gasteiger partial charge in [-0.1, -0.05) is 19.1 Å². The molecule has 0 saturated heterocycles. The third kappa shape index (κ3) is 9.11. The van der Waals surface area contributed by atoms with E-state index in [1.54, 1.807) is 7.05 Å². The molecule has 6 nitrogen and oxygen atoms in total. The number of aryl methyl sites for hydroxylation is 1. The van der Waals surface area contributed by atoms with Crippen molar-refractivity contribution in [2.24, 2.45) is 4.99 Å². The first-order valence-electron chi connectivity index (χ1n) is 10.00. The average Bonchev–Trinajstić information content (AvgIpc) is 2.65.